The van der Waals surface area contributed by atoms with E-state index in [1.54, 1.807) is 48.5 Å². The molecule has 0 spiro atoms. The van der Waals surface area contributed by atoms with Crippen molar-refractivity contribution in [2.75, 3.05) is 79.3 Å². The highest BCUT2D eigenvalue weighted by Gasteiger charge is 2.51. The summed E-state index contributed by atoms with van der Waals surface area (Å²) < 4.78 is 68.6. The lowest BCUT2D eigenvalue weighted by molar-refractivity contribution is -0.150. The second-order valence-electron chi connectivity index (χ2n) is 19.7. The van der Waals surface area contributed by atoms with Crippen LogP contribution >= 0.6 is 0 Å². The summed E-state index contributed by atoms with van der Waals surface area (Å²) in [5, 5.41) is 0. The number of carbonyl (C=O) groups is 4. The van der Waals surface area contributed by atoms with Crippen LogP contribution in [0.3, 0.4) is 0 Å². The van der Waals surface area contributed by atoms with Crippen LogP contribution in [0.1, 0.15) is 119 Å². The average molecular weight is 1020 g/mol. The largest absolute Gasteiger partial charge is 0.494 e. The number of ether oxygens (including phenoxy) is 12. The van der Waals surface area contributed by atoms with Crippen molar-refractivity contribution in [3.05, 3.63) is 119 Å². The molecule has 0 amide bonds. The number of rotatable bonds is 30. The van der Waals surface area contributed by atoms with E-state index in [4.69, 9.17) is 56.8 Å². The molecule has 4 aromatic carbocycles. The molecule has 4 aliphatic rings. The van der Waals surface area contributed by atoms with Crippen molar-refractivity contribution >= 4 is 23.9 Å². The molecule has 0 bridgehead atoms. The van der Waals surface area contributed by atoms with E-state index in [-0.39, 0.29) is 46.7 Å². The molecule has 0 saturated carbocycles. The van der Waals surface area contributed by atoms with Gasteiger partial charge in [0.2, 0.25) is 0 Å². The van der Waals surface area contributed by atoms with E-state index in [1.165, 1.54) is 48.5 Å². The van der Waals surface area contributed by atoms with E-state index >= 15 is 0 Å². The summed E-state index contributed by atoms with van der Waals surface area (Å²) in [4.78, 5) is 52.1. The molecular formula is C58H70O16. The zero-order valence-electron chi connectivity index (χ0n) is 42.6. The summed E-state index contributed by atoms with van der Waals surface area (Å²) in [7, 11) is 0. The Kier molecular flexibility index (Phi) is 19.9. The molecule has 4 atom stereocenters. The molecule has 0 aromatic heterocycles. The Hall–Kier alpha value is -5.88. The lowest BCUT2D eigenvalue weighted by Crippen LogP contribution is -2.45. The Morgan fingerprint density at radius 3 is 1.08 bits per heavy atom. The molecule has 16 heteroatoms. The monoisotopic (exact) mass is 1020 g/mol. The molecule has 4 aliphatic heterocycles. The maximum absolute atomic E-state index is 13.1. The van der Waals surface area contributed by atoms with Crippen LogP contribution in [0.4, 0.5) is 0 Å². The average Bonchev–Trinajstić information content (AvgIpc) is 3.99. The van der Waals surface area contributed by atoms with E-state index in [0.29, 0.717) is 35.8 Å². The van der Waals surface area contributed by atoms with Gasteiger partial charge in [0.05, 0.1) is 88.3 Å². The van der Waals surface area contributed by atoms with E-state index in [0.717, 1.165) is 117 Å². The predicted octanol–water partition coefficient (Wildman–Crippen LogP) is 9.44. The lowest BCUT2D eigenvalue weighted by atomic mass is 9.84. The highest BCUT2D eigenvalue weighted by Crippen LogP contribution is 2.34. The molecule has 398 valence electrons. The van der Waals surface area contributed by atoms with Gasteiger partial charge in [0, 0.05) is 24.0 Å². The zero-order valence-corrected chi connectivity index (χ0v) is 42.6. The Balaban J connectivity index is 0.678. The molecule has 4 saturated heterocycles. The first-order valence-electron chi connectivity index (χ1n) is 26.2. The van der Waals surface area contributed by atoms with Crippen LogP contribution in [-0.4, -0.2) is 128 Å². The molecule has 0 N–H and O–H groups in total. The second kappa shape index (κ2) is 27.1. The number of fused-ring (bicyclic) bond motifs is 1. The normalized spacial score (nSPS) is 20.1. The molecule has 0 radical (unpaired) electrons. The molecule has 8 rings (SSSR count). The number of unbranched alkanes of at least 4 members (excludes halogenated alkanes) is 6. The van der Waals surface area contributed by atoms with Crippen molar-refractivity contribution in [2.45, 2.75) is 102 Å². The first-order chi connectivity index (χ1) is 36.1. The first kappa shape index (κ1) is 54.4. The third kappa shape index (κ3) is 15.1. The van der Waals surface area contributed by atoms with Crippen molar-refractivity contribution < 1.29 is 76.0 Å². The fraction of sp³-hybridized carbons (Fsp3) is 0.517. The number of carbonyl (C=O) groups excluding carboxylic acids is 4. The lowest BCUT2D eigenvalue weighted by Gasteiger charge is -2.40. The molecule has 74 heavy (non-hydrogen) atoms. The summed E-state index contributed by atoms with van der Waals surface area (Å²) in [5.41, 5.74) is 1.63. The quantitative estimate of drug-likeness (QED) is 0.0274. The summed E-state index contributed by atoms with van der Waals surface area (Å²) >= 11 is 0. The number of hydrogen-bond donors (Lipinski definition) is 0. The maximum atomic E-state index is 13.1. The minimum Gasteiger partial charge on any atom is -0.494 e. The van der Waals surface area contributed by atoms with Gasteiger partial charge in [-0.2, -0.15) is 0 Å². The number of esters is 4. The van der Waals surface area contributed by atoms with E-state index in [2.05, 4.69) is 13.8 Å². The molecule has 4 aromatic rings. The van der Waals surface area contributed by atoms with Gasteiger partial charge in [-0.15, -0.1) is 0 Å². The van der Waals surface area contributed by atoms with E-state index in [1.807, 2.05) is 0 Å². The zero-order chi connectivity index (χ0) is 51.6. The van der Waals surface area contributed by atoms with Crippen molar-refractivity contribution in [2.24, 2.45) is 10.8 Å². The molecule has 4 fully saturated rings. The SMILES string of the molecule is CCC1(COCCCCCCOc2ccc(C(=O)Oc3ccc(C(=O)OC4COC5C(OC(=O)c6ccc(OC(=O)c7ccc(OCCCCCCOCC8(CC)COC8)cc7)cc6)COC45)cc3)cc2)COC1. The highest BCUT2D eigenvalue weighted by molar-refractivity contribution is 5.93. The summed E-state index contributed by atoms with van der Waals surface area (Å²) in [6.45, 7) is 11.9. The van der Waals surface area contributed by atoms with Gasteiger partial charge in [0.1, 0.15) is 35.2 Å². The Morgan fingerprint density at radius 1 is 0.432 bits per heavy atom. The van der Waals surface area contributed by atoms with Crippen LogP contribution in [-0.2, 0) is 37.9 Å². The van der Waals surface area contributed by atoms with Crippen LogP contribution in [0.2, 0.25) is 0 Å². The van der Waals surface area contributed by atoms with Gasteiger partial charge >= 0.3 is 23.9 Å². The van der Waals surface area contributed by atoms with Crippen molar-refractivity contribution in [3.63, 3.8) is 0 Å². The molecule has 4 heterocycles. The Bertz CT molecular complexity index is 2220. The minimum atomic E-state index is -0.743. The first-order valence-corrected chi connectivity index (χ1v) is 26.2. The third-order valence-corrected chi connectivity index (χ3v) is 14.1. The van der Waals surface area contributed by atoms with Crippen molar-refractivity contribution in [3.8, 4) is 23.0 Å². The summed E-state index contributed by atoms with van der Waals surface area (Å²) in [6.07, 6.45) is 7.52. The maximum Gasteiger partial charge on any atom is 0.343 e. The van der Waals surface area contributed by atoms with Crippen LogP contribution in [0.25, 0.3) is 0 Å². The highest BCUT2D eigenvalue weighted by atomic mass is 16.7. The van der Waals surface area contributed by atoms with Crippen LogP contribution < -0.4 is 18.9 Å². The fourth-order valence-electron chi connectivity index (χ4n) is 8.90. The number of hydrogen-bond acceptors (Lipinski definition) is 16. The Morgan fingerprint density at radius 2 is 0.757 bits per heavy atom. The van der Waals surface area contributed by atoms with Crippen LogP contribution in [0.5, 0.6) is 23.0 Å². The van der Waals surface area contributed by atoms with Gasteiger partial charge in [-0.1, -0.05) is 26.7 Å². The van der Waals surface area contributed by atoms with Gasteiger partial charge in [0.25, 0.3) is 0 Å². The van der Waals surface area contributed by atoms with Gasteiger partial charge in [-0.05, 0) is 148 Å². The topological polar surface area (TPSA) is 179 Å². The van der Waals surface area contributed by atoms with E-state index in [9.17, 15) is 19.2 Å². The minimum absolute atomic E-state index is 0.0463. The molecule has 0 aliphatic carbocycles. The van der Waals surface area contributed by atoms with Crippen molar-refractivity contribution in [1.82, 2.24) is 0 Å². The number of benzene rings is 4. The summed E-state index contributed by atoms with van der Waals surface area (Å²) in [6, 6.07) is 25.6. The standard InChI is InChI=1S/C58H70O16/c1-3-57(37-65-38-57)35-63-29-9-5-7-11-31-67-45-21-13-41(14-22-45)53(59)71-47-25-17-43(18-26-47)55(61)73-49-33-69-52-50(34-70-51(49)52)74-56(62)44-19-27-48(28-20-44)72-54(60)42-15-23-46(24-16-42)68-32-12-8-6-10-30-64-36-58(4-2)39-66-40-58/h13-28,49-52H,3-12,29-40H2,1-2H3. The van der Waals surface area contributed by atoms with Gasteiger partial charge in [-0.25, -0.2) is 19.2 Å². The van der Waals surface area contributed by atoms with Crippen LogP contribution in [0, 0.1) is 10.8 Å². The Labute approximate surface area is 433 Å². The fourth-order valence-corrected chi connectivity index (χ4v) is 8.90. The molecular weight excluding hydrogens is 953 g/mol. The smallest absolute Gasteiger partial charge is 0.343 e. The molecule has 4 unspecified atom stereocenters. The van der Waals surface area contributed by atoms with Crippen LogP contribution in [0.15, 0.2) is 97.1 Å². The van der Waals surface area contributed by atoms with E-state index < -0.39 is 48.3 Å². The van der Waals surface area contributed by atoms with Gasteiger partial charge < -0.3 is 56.8 Å². The predicted molar refractivity (Wildman–Crippen MR) is 270 cm³/mol. The van der Waals surface area contributed by atoms with Gasteiger partial charge in [-0.3, -0.25) is 0 Å². The third-order valence-electron chi connectivity index (χ3n) is 14.1. The van der Waals surface area contributed by atoms with Gasteiger partial charge in [0.15, 0.2) is 12.2 Å². The summed E-state index contributed by atoms with van der Waals surface area (Å²) in [5.74, 6) is -0.490. The second-order valence-corrected chi connectivity index (χ2v) is 19.7. The van der Waals surface area contributed by atoms with Crippen molar-refractivity contribution in [1.29, 1.82) is 0 Å². The molecule has 16 nitrogen and oxygen atoms in total.